The number of amides is 2. The van der Waals surface area contributed by atoms with Crippen LogP contribution < -0.4 is 10.2 Å². The number of halogens is 2. The van der Waals surface area contributed by atoms with Gasteiger partial charge in [-0.3, -0.25) is 9.59 Å². The number of carbonyl (C=O) groups is 2. The molecule has 0 saturated carbocycles. The summed E-state index contributed by atoms with van der Waals surface area (Å²) in [5, 5.41) is 2.63. The molecule has 2 rings (SSSR count). The molecular weight excluding hydrogens is 351 g/mol. The monoisotopic (exact) mass is 364 g/mol. The Morgan fingerprint density at radius 3 is 2.36 bits per heavy atom. The number of para-hydroxylation sites is 1. The lowest BCUT2D eigenvalue weighted by Gasteiger charge is -2.21. The second-order valence-corrected chi connectivity index (χ2v) is 5.47. The van der Waals surface area contributed by atoms with Crippen LogP contribution >= 0.6 is 15.9 Å². The summed E-state index contributed by atoms with van der Waals surface area (Å²) in [6, 6.07) is 12.6. The highest BCUT2D eigenvalue weighted by Gasteiger charge is 2.17. The van der Waals surface area contributed by atoms with Gasteiger partial charge in [0.25, 0.3) is 0 Å². The summed E-state index contributed by atoms with van der Waals surface area (Å²) < 4.78 is 13.6. The average Bonchev–Trinajstić information content (AvgIpc) is 2.48. The first kappa shape index (κ1) is 16.2. The molecule has 0 spiro atoms. The lowest BCUT2D eigenvalue weighted by molar-refractivity contribution is -0.120. The third-order valence-corrected chi connectivity index (χ3v) is 3.62. The van der Waals surface area contributed by atoms with Gasteiger partial charge in [-0.1, -0.05) is 12.1 Å². The first-order chi connectivity index (χ1) is 10.5. The number of carbonyl (C=O) groups excluding carboxylic acids is 2. The van der Waals surface area contributed by atoms with Crippen LogP contribution in [0.25, 0.3) is 0 Å². The van der Waals surface area contributed by atoms with Crippen molar-refractivity contribution in [3.05, 3.63) is 58.8 Å². The Balaban J connectivity index is 2.11. The van der Waals surface area contributed by atoms with Gasteiger partial charge in [-0.15, -0.1) is 0 Å². The molecule has 114 valence electrons. The van der Waals surface area contributed by atoms with Crippen LogP contribution in [0.1, 0.15) is 6.92 Å². The van der Waals surface area contributed by atoms with Crippen LogP contribution in [0.5, 0.6) is 0 Å². The van der Waals surface area contributed by atoms with Crippen molar-refractivity contribution < 1.29 is 14.0 Å². The first-order valence-electron chi connectivity index (χ1n) is 6.55. The summed E-state index contributed by atoms with van der Waals surface area (Å²) >= 11 is 3.36. The van der Waals surface area contributed by atoms with Gasteiger partial charge < -0.3 is 10.2 Å². The van der Waals surface area contributed by atoms with Crippen LogP contribution in [0.4, 0.5) is 15.8 Å². The first-order valence-corrected chi connectivity index (χ1v) is 7.34. The van der Waals surface area contributed by atoms with Gasteiger partial charge in [0.2, 0.25) is 11.8 Å². The quantitative estimate of drug-likeness (QED) is 0.901. The van der Waals surface area contributed by atoms with Crippen LogP contribution in [-0.2, 0) is 9.59 Å². The van der Waals surface area contributed by atoms with E-state index < -0.39 is 0 Å². The Morgan fingerprint density at radius 2 is 1.77 bits per heavy atom. The van der Waals surface area contributed by atoms with Gasteiger partial charge in [-0.05, 0) is 52.3 Å². The van der Waals surface area contributed by atoms with E-state index in [2.05, 4.69) is 21.2 Å². The van der Waals surface area contributed by atoms with E-state index in [-0.39, 0.29) is 24.2 Å². The molecule has 22 heavy (non-hydrogen) atoms. The number of hydrogen-bond acceptors (Lipinski definition) is 2. The molecule has 0 radical (unpaired) electrons. The van der Waals surface area contributed by atoms with Crippen molar-refractivity contribution in [3.8, 4) is 0 Å². The van der Waals surface area contributed by atoms with Crippen molar-refractivity contribution in [2.45, 2.75) is 6.92 Å². The van der Waals surface area contributed by atoms with Crippen LogP contribution in [0.2, 0.25) is 0 Å². The lowest BCUT2D eigenvalue weighted by Crippen LogP contribution is -2.36. The Morgan fingerprint density at radius 1 is 1.14 bits per heavy atom. The Kier molecular flexibility index (Phi) is 5.27. The molecule has 6 heteroatoms. The number of anilines is 2. The van der Waals surface area contributed by atoms with Crippen molar-refractivity contribution in [3.63, 3.8) is 0 Å². The number of hydrogen-bond donors (Lipinski definition) is 1. The Labute approximate surface area is 136 Å². The van der Waals surface area contributed by atoms with Crippen LogP contribution in [0.3, 0.4) is 0 Å². The second kappa shape index (κ2) is 7.17. The number of rotatable bonds is 4. The van der Waals surface area contributed by atoms with E-state index in [1.54, 1.807) is 18.2 Å². The smallest absolute Gasteiger partial charge is 0.244 e. The number of nitrogens with zero attached hydrogens (tertiary/aromatic N) is 1. The van der Waals surface area contributed by atoms with Crippen LogP contribution in [0.15, 0.2) is 53.0 Å². The van der Waals surface area contributed by atoms with E-state index in [4.69, 9.17) is 0 Å². The zero-order valence-corrected chi connectivity index (χ0v) is 13.4. The van der Waals surface area contributed by atoms with Crippen LogP contribution in [0, 0.1) is 5.82 Å². The predicted molar refractivity (Wildman–Crippen MR) is 87.2 cm³/mol. The van der Waals surface area contributed by atoms with Crippen molar-refractivity contribution >= 4 is 39.1 Å². The molecule has 1 N–H and O–H groups in total. The molecule has 2 aromatic carbocycles. The molecule has 0 atom stereocenters. The van der Waals surface area contributed by atoms with Crippen molar-refractivity contribution in [1.82, 2.24) is 0 Å². The molecule has 0 aliphatic carbocycles. The van der Waals surface area contributed by atoms with E-state index >= 15 is 0 Å². The number of benzene rings is 2. The SMILES string of the molecule is CC(=O)N(CC(=O)Nc1ccc(F)cc1)c1ccccc1Br. The summed E-state index contributed by atoms with van der Waals surface area (Å²) in [5.74, 6) is -0.990. The fourth-order valence-electron chi connectivity index (χ4n) is 1.91. The third-order valence-electron chi connectivity index (χ3n) is 2.95. The molecule has 4 nitrogen and oxygen atoms in total. The molecule has 0 aliphatic rings. The van der Waals surface area contributed by atoms with Gasteiger partial charge >= 0.3 is 0 Å². The van der Waals surface area contributed by atoms with Gasteiger partial charge in [-0.2, -0.15) is 0 Å². The maximum atomic E-state index is 12.8. The summed E-state index contributed by atoms with van der Waals surface area (Å²) in [6.45, 7) is 1.26. The van der Waals surface area contributed by atoms with Gasteiger partial charge in [-0.25, -0.2) is 4.39 Å². The second-order valence-electron chi connectivity index (χ2n) is 4.61. The summed E-state index contributed by atoms with van der Waals surface area (Å²) in [4.78, 5) is 25.3. The minimum absolute atomic E-state index is 0.130. The van der Waals surface area contributed by atoms with Gasteiger partial charge in [0.1, 0.15) is 12.4 Å². The summed E-state index contributed by atoms with van der Waals surface area (Å²) in [6.07, 6.45) is 0. The topological polar surface area (TPSA) is 49.4 Å². The summed E-state index contributed by atoms with van der Waals surface area (Å²) in [7, 11) is 0. The molecule has 0 aromatic heterocycles. The van der Waals surface area contributed by atoms with E-state index in [0.29, 0.717) is 11.4 Å². The lowest BCUT2D eigenvalue weighted by atomic mass is 10.2. The molecule has 0 heterocycles. The van der Waals surface area contributed by atoms with Crippen molar-refractivity contribution in [2.24, 2.45) is 0 Å². The molecular formula is C16H14BrFN2O2. The minimum atomic E-state index is -0.378. The van der Waals surface area contributed by atoms with E-state index in [1.165, 1.54) is 36.1 Å². The van der Waals surface area contributed by atoms with Gasteiger partial charge in [0, 0.05) is 17.1 Å². The highest BCUT2D eigenvalue weighted by Crippen LogP contribution is 2.25. The zero-order valence-electron chi connectivity index (χ0n) is 11.8. The zero-order chi connectivity index (χ0) is 16.1. The van der Waals surface area contributed by atoms with E-state index in [0.717, 1.165) is 4.47 Å². The fourth-order valence-corrected chi connectivity index (χ4v) is 2.41. The Hall–Kier alpha value is -2.21. The molecule has 0 unspecified atom stereocenters. The highest BCUT2D eigenvalue weighted by molar-refractivity contribution is 9.10. The van der Waals surface area contributed by atoms with E-state index in [9.17, 15) is 14.0 Å². The largest absolute Gasteiger partial charge is 0.325 e. The van der Waals surface area contributed by atoms with E-state index in [1.807, 2.05) is 6.07 Å². The molecule has 0 aliphatic heterocycles. The van der Waals surface area contributed by atoms with Crippen molar-refractivity contribution in [2.75, 3.05) is 16.8 Å². The fraction of sp³-hybridized carbons (Fsp3) is 0.125. The molecule has 2 aromatic rings. The predicted octanol–water partition coefficient (Wildman–Crippen LogP) is 3.58. The molecule has 2 amide bonds. The third kappa shape index (κ3) is 4.14. The molecule has 0 saturated heterocycles. The number of nitrogens with one attached hydrogen (secondary N) is 1. The standard InChI is InChI=1S/C16H14BrFN2O2/c1-11(21)20(15-5-3-2-4-14(15)17)10-16(22)19-13-8-6-12(18)7-9-13/h2-9H,10H2,1H3,(H,19,22). The van der Waals surface area contributed by atoms with Crippen molar-refractivity contribution in [1.29, 1.82) is 0 Å². The highest BCUT2D eigenvalue weighted by atomic mass is 79.9. The van der Waals surface area contributed by atoms with Crippen LogP contribution in [-0.4, -0.2) is 18.4 Å². The van der Waals surface area contributed by atoms with Gasteiger partial charge in [0.15, 0.2) is 0 Å². The molecule has 0 fully saturated rings. The summed E-state index contributed by atoms with van der Waals surface area (Å²) in [5.41, 5.74) is 1.09. The van der Waals surface area contributed by atoms with Gasteiger partial charge in [0.05, 0.1) is 5.69 Å². The molecule has 0 bridgehead atoms. The Bertz CT molecular complexity index is 689. The average molecular weight is 365 g/mol. The maximum absolute atomic E-state index is 12.8. The normalized spacial score (nSPS) is 10.1. The maximum Gasteiger partial charge on any atom is 0.244 e. The minimum Gasteiger partial charge on any atom is -0.325 e.